The second-order valence-corrected chi connectivity index (χ2v) is 6.98. The van der Waals surface area contributed by atoms with Crippen molar-refractivity contribution in [1.82, 2.24) is 4.90 Å². The Hall–Kier alpha value is -3.89. The van der Waals surface area contributed by atoms with Gasteiger partial charge in [-0.05, 0) is 41.5 Å². The van der Waals surface area contributed by atoms with Crippen molar-refractivity contribution in [1.29, 1.82) is 0 Å². The van der Waals surface area contributed by atoms with E-state index in [-0.39, 0.29) is 6.61 Å². The third kappa shape index (κ3) is 5.42. The number of methoxy groups -OCH3 is 2. The van der Waals surface area contributed by atoms with Crippen LogP contribution in [-0.4, -0.2) is 68.9 Å². The molecule has 0 heterocycles. The molecule has 11 nitrogen and oxygen atoms in total. The van der Waals surface area contributed by atoms with Crippen molar-refractivity contribution in [3.05, 3.63) is 52.1 Å². The summed E-state index contributed by atoms with van der Waals surface area (Å²) in [6.07, 6.45) is 0. The molecule has 11 heteroatoms. The van der Waals surface area contributed by atoms with E-state index in [0.717, 1.165) is 15.7 Å². The quantitative estimate of drug-likeness (QED) is 0.174. The van der Waals surface area contributed by atoms with Crippen LogP contribution in [0.1, 0.15) is 12.5 Å². The highest BCUT2D eigenvalue weighted by molar-refractivity contribution is 6.09. The lowest BCUT2D eigenvalue weighted by Gasteiger charge is -2.30. The molecule has 0 bridgehead atoms. The van der Waals surface area contributed by atoms with Gasteiger partial charge in [0.05, 0.1) is 14.2 Å². The van der Waals surface area contributed by atoms with Crippen LogP contribution in [0.15, 0.2) is 36.4 Å². The van der Waals surface area contributed by atoms with Gasteiger partial charge >= 0.3 is 11.9 Å². The van der Waals surface area contributed by atoms with Crippen LogP contribution >= 0.6 is 0 Å². The van der Waals surface area contributed by atoms with Gasteiger partial charge in [0.2, 0.25) is 5.91 Å². The summed E-state index contributed by atoms with van der Waals surface area (Å²) in [7, 11) is 4.06. The van der Waals surface area contributed by atoms with E-state index in [2.05, 4.69) is 4.84 Å². The Kier molecular flexibility index (Phi) is 7.94. The number of benzene rings is 2. The average molecular weight is 448 g/mol. The normalized spacial score (nSPS) is 12.4. The fraction of sp³-hybridized carbons (Fsp3) is 0.381. The summed E-state index contributed by atoms with van der Waals surface area (Å²) in [5, 5.41) is 10.7. The van der Waals surface area contributed by atoms with Crippen molar-refractivity contribution in [2.24, 2.45) is 0 Å². The maximum Gasteiger partial charge on any atom is 0.325 e. The highest BCUT2D eigenvalue weighted by Gasteiger charge is 2.46. The number of carbonyl (C=O) groups is 3. The molecule has 2 aromatic carbocycles. The van der Waals surface area contributed by atoms with Crippen molar-refractivity contribution in [2.45, 2.75) is 12.3 Å². The van der Waals surface area contributed by atoms with Gasteiger partial charge in [-0.2, -0.15) is 0 Å². The van der Waals surface area contributed by atoms with Gasteiger partial charge in [-0.1, -0.05) is 18.2 Å². The number of hydrogen-bond acceptors (Lipinski definition) is 9. The van der Waals surface area contributed by atoms with Crippen molar-refractivity contribution >= 4 is 28.6 Å². The van der Waals surface area contributed by atoms with Gasteiger partial charge in [0.25, 0.3) is 5.09 Å². The number of hydrogen-bond donors (Lipinski definition) is 0. The van der Waals surface area contributed by atoms with Gasteiger partial charge in [0.1, 0.15) is 25.5 Å². The molecule has 0 fully saturated rings. The molecule has 32 heavy (non-hydrogen) atoms. The van der Waals surface area contributed by atoms with Gasteiger partial charge in [-0.15, -0.1) is 10.1 Å². The van der Waals surface area contributed by atoms with Crippen molar-refractivity contribution in [3.63, 3.8) is 0 Å². The molecule has 0 saturated carbocycles. The summed E-state index contributed by atoms with van der Waals surface area (Å²) in [5.74, 6) is -1.63. The Morgan fingerprint density at radius 2 is 1.72 bits per heavy atom. The molecule has 0 aliphatic heterocycles. The van der Waals surface area contributed by atoms with Gasteiger partial charge in [0.15, 0.2) is 5.41 Å². The summed E-state index contributed by atoms with van der Waals surface area (Å²) < 4.78 is 14.9. The lowest BCUT2D eigenvalue weighted by Crippen LogP contribution is -2.50. The van der Waals surface area contributed by atoms with Crippen LogP contribution < -0.4 is 4.74 Å². The van der Waals surface area contributed by atoms with E-state index in [4.69, 9.17) is 14.2 Å². The summed E-state index contributed by atoms with van der Waals surface area (Å²) >= 11 is 0. The van der Waals surface area contributed by atoms with Crippen molar-refractivity contribution < 1.29 is 38.5 Å². The highest BCUT2D eigenvalue weighted by atomic mass is 17.0. The molecule has 0 saturated heterocycles. The lowest BCUT2D eigenvalue weighted by atomic mass is 9.80. The largest absolute Gasteiger partial charge is 0.497 e. The first-order chi connectivity index (χ1) is 15.1. The molecule has 1 atom stereocenters. The van der Waals surface area contributed by atoms with Gasteiger partial charge < -0.3 is 23.9 Å². The minimum Gasteiger partial charge on any atom is -0.497 e. The third-order valence-electron chi connectivity index (χ3n) is 4.90. The molecular weight excluding hydrogens is 424 g/mol. The predicted molar refractivity (Wildman–Crippen MR) is 111 cm³/mol. The number of likely N-dealkylation sites (N-methyl/N-ethyl adjacent to an activating group) is 1. The Bertz CT molecular complexity index is 1020. The SMILES string of the molecule is COC(=O)[C@](C)(C(=O)N(C)CC(=O)OCCO[N+](=O)[O-])c1ccc2cc(OC)ccc2c1. The summed E-state index contributed by atoms with van der Waals surface area (Å²) in [5.41, 5.74) is -1.35. The lowest BCUT2D eigenvalue weighted by molar-refractivity contribution is -0.757. The molecule has 0 aliphatic rings. The number of ether oxygens (including phenoxy) is 3. The van der Waals surface area contributed by atoms with E-state index < -0.39 is 41.5 Å². The second-order valence-electron chi connectivity index (χ2n) is 6.98. The molecule has 172 valence electrons. The molecule has 0 N–H and O–H groups in total. The average Bonchev–Trinajstić information content (AvgIpc) is 2.79. The summed E-state index contributed by atoms with van der Waals surface area (Å²) in [4.78, 5) is 53.1. The molecule has 1 amide bonds. The number of rotatable bonds is 10. The summed E-state index contributed by atoms with van der Waals surface area (Å²) in [6.45, 7) is 0.148. The van der Waals surface area contributed by atoms with Gasteiger partial charge in [0, 0.05) is 7.05 Å². The van der Waals surface area contributed by atoms with Crippen molar-refractivity contribution in [2.75, 3.05) is 41.0 Å². The first-order valence-electron chi connectivity index (χ1n) is 9.48. The fourth-order valence-electron chi connectivity index (χ4n) is 3.15. The van der Waals surface area contributed by atoms with E-state index >= 15 is 0 Å². The van der Waals surface area contributed by atoms with Crippen LogP contribution in [0.2, 0.25) is 0 Å². The Morgan fingerprint density at radius 3 is 2.34 bits per heavy atom. The van der Waals surface area contributed by atoms with Crippen LogP contribution in [0.5, 0.6) is 5.75 Å². The first-order valence-corrected chi connectivity index (χ1v) is 9.48. The number of esters is 2. The van der Waals surface area contributed by atoms with E-state index in [0.29, 0.717) is 11.3 Å². The van der Waals surface area contributed by atoms with Crippen LogP contribution in [0.25, 0.3) is 10.8 Å². The van der Waals surface area contributed by atoms with Crippen LogP contribution in [0.3, 0.4) is 0 Å². The molecule has 0 aliphatic carbocycles. The van der Waals surface area contributed by atoms with Crippen LogP contribution in [0.4, 0.5) is 0 Å². The first kappa shape index (κ1) is 24.4. The van der Waals surface area contributed by atoms with Crippen LogP contribution in [-0.2, 0) is 34.1 Å². The smallest absolute Gasteiger partial charge is 0.325 e. The number of amides is 1. The standard InChI is InChI=1S/C21H24N2O9/c1-21(20(26)30-4,16-7-5-15-12-17(29-3)8-6-14(15)11-16)19(25)22(2)13-18(24)31-9-10-32-23(27)28/h5-8,11-12H,9-10,13H2,1-4H3/t21-/m0/s1. The Balaban J connectivity index is 2.24. The molecular formula is C21H24N2O9. The summed E-state index contributed by atoms with van der Waals surface area (Å²) in [6, 6.07) is 10.5. The number of nitrogens with zero attached hydrogens (tertiary/aromatic N) is 2. The Labute approximate surface area is 183 Å². The molecule has 2 aromatic rings. The molecule has 0 radical (unpaired) electrons. The van der Waals surface area contributed by atoms with Crippen molar-refractivity contribution in [3.8, 4) is 5.75 Å². The number of fused-ring (bicyclic) bond motifs is 1. The molecule has 0 unspecified atom stereocenters. The van der Waals surface area contributed by atoms with Crippen LogP contribution in [0, 0.1) is 10.1 Å². The van der Waals surface area contributed by atoms with Gasteiger partial charge in [-0.25, -0.2) is 0 Å². The highest BCUT2D eigenvalue weighted by Crippen LogP contribution is 2.31. The van der Waals surface area contributed by atoms with Gasteiger partial charge in [-0.3, -0.25) is 14.4 Å². The number of carbonyl (C=O) groups excluding carboxylic acids is 3. The minimum absolute atomic E-state index is 0.357. The van der Waals surface area contributed by atoms with E-state index in [1.54, 1.807) is 37.4 Å². The predicted octanol–water partition coefficient (Wildman–Crippen LogP) is 1.49. The molecule has 2 rings (SSSR count). The van der Waals surface area contributed by atoms with E-state index in [1.165, 1.54) is 21.1 Å². The monoisotopic (exact) mass is 448 g/mol. The van der Waals surface area contributed by atoms with E-state index in [1.807, 2.05) is 6.07 Å². The van der Waals surface area contributed by atoms with E-state index in [9.17, 15) is 24.5 Å². The zero-order valence-corrected chi connectivity index (χ0v) is 18.2. The second kappa shape index (κ2) is 10.4. The zero-order valence-electron chi connectivity index (χ0n) is 18.2. The zero-order chi connectivity index (χ0) is 23.9. The third-order valence-corrected chi connectivity index (χ3v) is 4.90. The maximum atomic E-state index is 13.2. The molecule has 0 aromatic heterocycles. The Morgan fingerprint density at radius 1 is 1.06 bits per heavy atom. The maximum absolute atomic E-state index is 13.2. The minimum atomic E-state index is -1.73. The topological polar surface area (TPSA) is 135 Å². The molecule has 0 spiro atoms. The fourth-order valence-corrected chi connectivity index (χ4v) is 3.15.